The fourth-order valence-corrected chi connectivity index (χ4v) is 4.80. The predicted molar refractivity (Wildman–Crippen MR) is 156 cm³/mol. The molecule has 4 rings (SSSR count). The molecule has 0 bridgehead atoms. The lowest BCUT2D eigenvalue weighted by Crippen LogP contribution is -2.22. The van der Waals surface area contributed by atoms with E-state index in [-0.39, 0.29) is 5.56 Å². The van der Waals surface area contributed by atoms with Gasteiger partial charge in [0.15, 0.2) is 11.5 Å². The van der Waals surface area contributed by atoms with Gasteiger partial charge in [-0.2, -0.15) is 9.78 Å². The molecule has 0 unspecified atom stereocenters. The Morgan fingerprint density at radius 2 is 1.84 bits per heavy atom. The molecule has 0 atom stereocenters. The Kier molecular flexibility index (Phi) is 9.40. The van der Waals surface area contributed by atoms with Crippen molar-refractivity contribution in [3.8, 4) is 11.5 Å². The molecule has 9 heteroatoms. The van der Waals surface area contributed by atoms with Crippen LogP contribution in [0.15, 0.2) is 73.4 Å². The van der Waals surface area contributed by atoms with Crippen LogP contribution in [0.3, 0.4) is 0 Å². The molecule has 0 saturated heterocycles. The molecule has 3 aromatic carbocycles. The van der Waals surface area contributed by atoms with Crippen molar-refractivity contribution in [3.05, 3.63) is 95.9 Å². The van der Waals surface area contributed by atoms with Gasteiger partial charge in [-0.15, -0.1) is 0 Å². The second-order valence-electron chi connectivity index (χ2n) is 8.33. The van der Waals surface area contributed by atoms with Crippen molar-refractivity contribution in [1.82, 2.24) is 9.66 Å². The molecule has 6 nitrogen and oxygen atoms in total. The summed E-state index contributed by atoms with van der Waals surface area (Å²) in [4.78, 5) is 18.1. The molecule has 0 radical (unpaired) electrons. The first-order chi connectivity index (χ1) is 17.9. The summed E-state index contributed by atoms with van der Waals surface area (Å²) in [5, 5.41) is 5.74. The number of nitrogens with zero attached hydrogens (tertiary/aromatic N) is 3. The van der Waals surface area contributed by atoms with E-state index in [1.54, 1.807) is 12.3 Å². The monoisotopic (exact) mass is 645 g/mol. The van der Waals surface area contributed by atoms with E-state index in [2.05, 4.69) is 43.9 Å². The van der Waals surface area contributed by atoms with E-state index in [1.165, 1.54) is 4.68 Å². The predicted octanol–water partition coefficient (Wildman–Crippen LogP) is 7.78. The molecule has 4 aromatic rings. The summed E-state index contributed by atoms with van der Waals surface area (Å²) >= 11 is 13.0. The van der Waals surface area contributed by atoms with E-state index in [0.29, 0.717) is 57.4 Å². The smallest absolute Gasteiger partial charge is 0.282 e. The van der Waals surface area contributed by atoms with E-state index < -0.39 is 0 Å². The topological polar surface area (TPSA) is 65.7 Å². The minimum Gasteiger partial charge on any atom is -0.490 e. The minimum absolute atomic E-state index is 0.208. The molecule has 0 spiro atoms. The highest BCUT2D eigenvalue weighted by Crippen LogP contribution is 2.37. The van der Waals surface area contributed by atoms with Gasteiger partial charge in [-0.25, -0.2) is 4.98 Å². The summed E-state index contributed by atoms with van der Waals surface area (Å²) in [6.07, 6.45) is 4.18. The SMILES string of the molecule is CCCCc1nc2ccc(Br)cc2c(=O)n1N=Cc1cc(Br)c(OCc2ccc(Cl)cc2)c(OCC)c1. The number of rotatable bonds is 10. The van der Waals surface area contributed by atoms with Crippen LogP contribution in [-0.2, 0) is 13.0 Å². The number of aryl methyl sites for hydroxylation is 1. The average Bonchev–Trinajstić information content (AvgIpc) is 2.88. The maximum Gasteiger partial charge on any atom is 0.282 e. The lowest BCUT2D eigenvalue weighted by atomic mass is 10.2. The molecule has 1 aromatic heterocycles. The van der Waals surface area contributed by atoms with Crippen LogP contribution < -0.4 is 15.0 Å². The molecule has 0 fully saturated rings. The summed E-state index contributed by atoms with van der Waals surface area (Å²) in [7, 11) is 0. The van der Waals surface area contributed by atoms with E-state index in [9.17, 15) is 4.79 Å². The lowest BCUT2D eigenvalue weighted by Gasteiger charge is -2.15. The number of fused-ring (bicyclic) bond motifs is 1. The third kappa shape index (κ3) is 6.80. The van der Waals surface area contributed by atoms with Crippen molar-refractivity contribution in [2.75, 3.05) is 6.61 Å². The van der Waals surface area contributed by atoms with Gasteiger partial charge in [0.25, 0.3) is 5.56 Å². The van der Waals surface area contributed by atoms with Crippen LogP contribution in [0, 0.1) is 0 Å². The largest absolute Gasteiger partial charge is 0.490 e. The summed E-state index contributed by atoms with van der Waals surface area (Å²) in [6.45, 7) is 4.84. The van der Waals surface area contributed by atoms with Gasteiger partial charge in [0.2, 0.25) is 0 Å². The van der Waals surface area contributed by atoms with Gasteiger partial charge in [0.1, 0.15) is 12.4 Å². The van der Waals surface area contributed by atoms with E-state index in [0.717, 1.165) is 28.4 Å². The lowest BCUT2D eigenvalue weighted by molar-refractivity contribution is 0.267. The zero-order valence-electron chi connectivity index (χ0n) is 20.5. The highest BCUT2D eigenvalue weighted by molar-refractivity contribution is 9.10. The van der Waals surface area contributed by atoms with Gasteiger partial charge in [0.05, 0.1) is 28.2 Å². The number of halogens is 3. The van der Waals surface area contributed by atoms with Crippen LogP contribution in [-0.4, -0.2) is 22.5 Å². The van der Waals surface area contributed by atoms with Crippen LogP contribution in [0.2, 0.25) is 5.02 Å². The van der Waals surface area contributed by atoms with Crippen LogP contribution in [0.4, 0.5) is 0 Å². The highest BCUT2D eigenvalue weighted by Gasteiger charge is 2.14. The van der Waals surface area contributed by atoms with Crippen LogP contribution in [0.1, 0.15) is 43.6 Å². The molecule has 0 saturated carbocycles. The van der Waals surface area contributed by atoms with Gasteiger partial charge in [-0.1, -0.05) is 53.0 Å². The number of hydrogen-bond donors (Lipinski definition) is 0. The molecule has 192 valence electrons. The first kappa shape index (κ1) is 27.4. The fourth-order valence-electron chi connectivity index (χ4n) is 3.74. The standard InChI is InChI=1S/C28H26Br2ClN3O3/c1-3-5-6-26-33-24-12-9-20(29)15-22(24)28(35)34(26)32-16-19-13-23(30)27(25(14-19)36-4-2)37-17-18-7-10-21(31)11-8-18/h7-16H,3-6,17H2,1-2H3. The molecule has 0 aliphatic rings. The molecular weight excluding hydrogens is 622 g/mol. The average molecular weight is 648 g/mol. The van der Waals surface area contributed by atoms with Crippen molar-refractivity contribution in [2.45, 2.75) is 39.7 Å². The number of unbranched alkanes of at least 4 members (excludes halogenated alkanes) is 1. The van der Waals surface area contributed by atoms with Crippen molar-refractivity contribution in [1.29, 1.82) is 0 Å². The fraction of sp³-hybridized carbons (Fsp3) is 0.250. The maximum absolute atomic E-state index is 13.3. The Morgan fingerprint density at radius 1 is 1.05 bits per heavy atom. The number of ether oxygens (including phenoxy) is 2. The summed E-state index contributed by atoms with van der Waals surface area (Å²) in [5.74, 6) is 1.79. The van der Waals surface area contributed by atoms with Crippen LogP contribution >= 0.6 is 43.5 Å². The maximum atomic E-state index is 13.3. The first-order valence-corrected chi connectivity index (χ1v) is 13.9. The molecule has 0 N–H and O–H groups in total. The van der Waals surface area contributed by atoms with E-state index in [4.69, 9.17) is 26.1 Å². The molecule has 0 amide bonds. The van der Waals surface area contributed by atoms with Crippen molar-refractivity contribution in [3.63, 3.8) is 0 Å². The zero-order valence-corrected chi connectivity index (χ0v) is 24.4. The van der Waals surface area contributed by atoms with Gasteiger partial charge in [-0.3, -0.25) is 4.79 Å². The third-order valence-electron chi connectivity index (χ3n) is 5.58. The summed E-state index contributed by atoms with van der Waals surface area (Å²) in [6, 6.07) is 16.7. The van der Waals surface area contributed by atoms with Crippen LogP contribution in [0.5, 0.6) is 11.5 Å². The van der Waals surface area contributed by atoms with Crippen molar-refractivity contribution >= 4 is 60.6 Å². The Labute approximate surface area is 237 Å². The second-order valence-corrected chi connectivity index (χ2v) is 10.5. The normalized spacial score (nSPS) is 11.4. The van der Waals surface area contributed by atoms with Gasteiger partial charge in [-0.05, 0) is 82.9 Å². The number of hydrogen-bond acceptors (Lipinski definition) is 5. The Hall–Kier alpha value is -2.68. The summed E-state index contributed by atoms with van der Waals surface area (Å²) < 4.78 is 14.9. The Morgan fingerprint density at radius 3 is 2.57 bits per heavy atom. The van der Waals surface area contributed by atoms with E-state index in [1.807, 2.05) is 55.5 Å². The van der Waals surface area contributed by atoms with Gasteiger partial charge in [0, 0.05) is 15.9 Å². The number of aromatic nitrogens is 2. The Bertz CT molecular complexity index is 1490. The van der Waals surface area contributed by atoms with E-state index >= 15 is 0 Å². The molecule has 0 aliphatic carbocycles. The highest BCUT2D eigenvalue weighted by atomic mass is 79.9. The minimum atomic E-state index is -0.208. The quantitative estimate of drug-likeness (QED) is 0.165. The number of benzene rings is 3. The first-order valence-electron chi connectivity index (χ1n) is 12.0. The third-order valence-corrected chi connectivity index (χ3v) is 6.91. The van der Waals surface area contributed by atoms with Crippen molar-refractivity contribution in [2.24, 2.45) is 5.10 Å². The molecule has 37 heavy (non-hydrogen) atoms. The molecule has 0 aliphatic heterocycles. The molecule has 1 heterocycles. The van der Waals surface area contributed by atoms with Crippen molar-refractivity contribution < 1.29 is 9.47 Å². The summed E-state index contributed by atoms with van der Waals surface area (Å²) in [5.41, 5.74) is 2.19. The van der Waals surface area contributed by atoms with Gasteiger partial charge >= 0.3 is 0 Å². The second kappa shape index (κ2) is 12.7. The zero-order chi connectivity index (χ0) is 26.4. The van der Waals surface area contributed by atoms with Crippen LogP contribution in [0.25, 0.3) is 10.9 Å². The van der Waals surface area contributed by atoms with Gasteiger partial charge < -0.3 is 9.47 Å². The molecular formula is C28H26Br2ClN3O3. The Balaban J connectivity index is 1.68.